The zero-order valence-electron chi connectivity index (χ0n) is 23.5. The van der Waals surface area contributed by atoms with Crippen LogP contribution in [0.5, 0.6) is 0 Å². The number of amides is 1. The molecule has 10 nitrogen and oxygen atoms in total. The topological polar surface area (TPSA) is 127 Å². The Morgan fingerprint density at radius 2 is 1.93 bits per heavy atom. The van der Waals surface area contributed by atoms with Crippen molar-refractivity contribution in [3.63, 3.8) is 0 Å². The zero-order valence-corrected chi connectivity index (χ0v) is 24.3. The van der Waals surface area contributed by atoms with Crippen LogP contribution in [-0.4, -0.2) is 28.8 Å². The number of hydrogen-bond acceptors (Lipinski definition) is 6. The van der Waals surface area contributed by atoms with E-state index >= 15 is 0 Å². The Morgan fingerprint density at radius 3 is 2.64 bits per heavy atom. The van der Waals surface area contributed by atoms with Gasteiger partial charge in [0.05, 0.1) is 16.4 Å². The Labute approximate surface area is 245 Å². The Morgan fingerprint density at radius 1 is 1.14 bits per heavy atom. The first-order chi connectivity index (χ1) is 20.1. The van der Waals surface area contributed by atoms with E-state index in [-0.39, 0.29) is 35.4 Å². The number of sulfonamides is 1. The summed E-state index contributed by atoms with van der Waals surface area (Å²) in [5, 5.41) is 11.2. The predicted octanol–water partition coefficient (Wildman–Crippen LogP) is 5.41. The highest BCUT2D eigenvalue weighted by Crippen LogP contribution is 2.35. The number of benzene rings is 3. The van der Waals surface area contributed by atoms with Crippen molar-refractivity contribution in [2.75, 3.05) is 4.90 Å². The summed E-state index contributed by atoms with van der Waals surface area (Å²) in [5.74, 6) is 0.643. The van der Waals surface area contributed by atoms with Crippen LogP contribution in [-0.2, 0) is 34.8 Å². The van der Waals surface area contributed by atoms with Gasteiger partial charge in [0, 0.05) is 49.7 Å². The van der Waals surface area contributed by atoms with Gasteiger partial charge in [-0.25, -0.2) is 18.1 Å². The van der Waals surface area contributed by atoms with Gasteiger partial charge in [0.15, 0.2) is 0 Å². The summed E-state index contributed by atoms with van der Waals surface area (Å²) >= 11 is 0. The number of nitro groups is 1. The van der Waals surface area contributed by atoms with Crippen molar-refractivity contribution in [1.82, 2.24) is 14.3 Å². The third-order valence-electron chi connectivity index (χ3n) is 7.76. The molecule has 42 heavy (non-hydrogen) atoms. The van der Waals surface area contributed by atoms with Crippen LogP contribution in [0, 0.1) is 10.1 Å². The van der Waals surface area contributed by atoms with Gasteiger partial charge >= 0.3 is 0 Å². The second kappa shape index (κ2) is 12.3. The quantitative estimate of drug-likeness (QED) is 0.195. The molecule has 1 aromatic heterocycles. The van der Waals surface area contributed by atoms with Crippen LogP contribution in [0.3, 0.4) is 0 Å². The van der Waals surface area contributed by atoms with Gasteiger partial charge in [0.1, 0.15) is 5.82 Å². The molecule has 0 fully saturated rings. The summed E-state index contributed by atoms with van der Waals surface area (Å²) in [5.41, 5.74) is 3.23. The molecule has 1 aliphatic carbocycles. The molecule has 1 N–H and O–H groups in total. The number of hydrogen-bond donors (Lipinski definition) is 1. The van der Waals surface area contributed by atoms with Gasteiger partial charge in [0.25, 0.3) is 5.69 Å². The fourth-order valence-electron chi connectivity index (χ4n) is 5.38. The van der Waals surface area contributed by atoms with Crippen molar-refractivity contribution in [1.29, 1.82) is 0 Å². The van der Waals surface area contributed by atoms with Crippen LogP contribution in [0.4, 0.5) is 11.4 Å². The van der Waals surface area contributed by atoms with Crippen LogP contribution in [0.25, 0.3) is 0 Å². The average Bonchev–Trinajstić information content (AvgIpc) is 3.40. The van der Waals surface area contributed by atoms with Gasteiger partial charge in [-0.05, 0) is 60.1 Å². The molecular formula is C31H33N5O5S. The molecule has 2 unspecified atom stereocenters. The molecule has 3 aromatic carbocycles. The maximum atomic E-state index is 13.8. The predicted molar refractivity (Wildman–Crippen MR) is 159 cm³/mol. The van der Waals surface area contributed by atoms with Crippen LogP contribution in [0.1, 0.15) is 60.7 Å². The van der Waals surface area contributed by atoms with Crippen molar-refractivity contribution in [2.45, 2.75) is 56.0 Å². The van der Waals surface area contributed by atoms with Crippen molar-refractivity contribution in [2.24, 2.45) is 7.05 Å². The molecule has 0 saturated carbocycles. The van der Waals surface area contributed by atoms with Gasteiger partial charge in [-0.1, -0.05) is 49.4 Å². The van der Waals surface area contributed by atoms with Crippen molar-refractivity contribution in [3.05, 3.63) is 118 Å². The SMILES string of the molecule is CC(CC(=O)N(Cc1nccn1C)c1ccc2c(c1)C(NS(=O)(=O)c1cccc([N+](=O)[O-])c1)CCC2)c1ccccc1. The first-order valence-corrected chi connectivity index (χ1v) is 15.3. The lowest BCUT2D eigenvalue weighted by Crippen LogP contribution is -2.34. The van der Waals surface area contributed by atoms with E-state index in [1.807, 2.05) is 73.3 Å². The van der Waals surface area contributed by atoms with E-state index in [4.69, 9.17) is 0 Å². The Balaban J connectivity index is 1.46. The second-order valence-electron chi connectivity index (χ2n) is 10.7. The van der Waals surface area contributed by atoms with Gasteiger partial charge in [-0.15, -0.1) is 0 Å². The fourth-order valence-corrected chi connectivity index (χ4v) is 6.67. The Kier molecular flexibility index (Phi) is 8.51. The maximum Gasteiger partial charge on any atom is 0.270 e. The van der Waals surface area contributed by atoms with Crippen LogP contribution < -0.4 is 9.62 Å². The number of anilines is 1. The lowest BCUT2D eigenvalue weighted by atomic mass is 9.87. The summed E-state index contributed by atoms with van der Waals surface area (Å²) in [6, 6.07) is 20.1. The summed E-state index contributed by atoms with van der Waals surface area (Å²) in [4.78, 5) is 30.4. The number of rotatable bonds is 10. The minimum atomic E-state index is -4.05. The molecule has 218 valence electrons. The molecule has 1 amide bonds. The zero-order chi connectivity index (χ0) is 29.9. The van der Waals surface area contributed by atoms with Crippen molar-refractivity contribution in [3.8, 4) is 0 Å². The third-order valence-corrected chi connectivity index (χ3v) is 9.23. The Bertz CT molecular complexity index is 1700. The van der Waals surface area contributed by atoms with Gasteiger partial charge in [0.2, 0.25) is 15.9 Å². The van der Waals surface area contributed by atoms with Crippen molar-refractivity contribution >= 4 is 27.3 Å². The number of aryl methyl sites for hydroxylation is 2. The standard InChI is InChI=1S/C31H33N5O5S/c1-22(23-8-4-3-5-9-23)18-31(37)35(21-30-32-16-17-34(30)2)25-15-14-24-10-6-13-29(28(24)20-25)33-42(40,41)27-12-7-11-26(19-27)36(38)39/h3-5,7-9,11-12,14-17,19-20,22,29,33H,6,10,13,18,21H2,1-2H3. The number of aromatic nitrogens is 2. The smallest absolute Gasteiger partial charge is 0.270 e. The maximum absolute atomic E-state index is 13.8. The van der Waals surface area contributed by atoms with Crippen LogP contribution in [0.15, 0.2) is 90.1 Å². The third kappa shape index (κ3) is 6.42. The molecule has 1 heterocycles. The largest absolute Gasteiger partial charge is 0.337 e. The minimum absolute atomic E-state index is 0.00492. The van der Waals surface area contributed by atoms with E-state index < -0.39 is 21.0 Å². The average molecular weight is 588 g/mol. The number of nitrogens with zero attached hydrogens (tertiary/aromatic N) is 4. The van der Waals surface area contributed by atoms with E-state index in [1.54, 1.807) is 11.1 Å². The lowest BCUT2D eigenvalue weighted by molar-refractivity contribution is -0.385. The molecule has 2 atom stereocenters. The van der Waals surface area contributed by atoms with E-state index in [0.717, 1.165) is 41.4 Å². The number of carbonyl (C=O) groups excluding carboxylic acids is 1. The summed E-state index contributed by atoms with van der Waals surface area (Å²) in [7, 11) is -2.17. The molecule has 11 heteroatoms. The Hall–Kier alpha value is -4.35. The highest BCUT2D eigenvalue weighted by atomic mass is 32.2. The second-order valence-corrected chi connectivity index (χ2v) is 12.4. The highest BCUT2D eigenvalue weighted by Gasteiger charge is 2.29. The lowest BCUT2D eigenvalue weighted by Gasteiger charge is -2.30. The van der Waals surface area contributed by atoms with Gasteiger partial charge in [-0.2, -0.15) is 0 Å². The molecule has 5 rings (SSSR count). The monoisotopic (exact) mass is 587 g/mol. The number of fused-ring (bicyclic) bond motifs is 1. The molecule has 0 bridgehead atoms. The number of nitrogens with one attached hydrogen (secondary N) is 1. The number of nitro benzene ring substituents is 1. The normalized spacial score (nSPS) is 15.5. The van der Waals surface area contributed by atoms with Gasteiger partial charge < -0.3 is 9.47 Å². The van der Waals surface area contributed by atoms with Crippen molar-refractivity contribution < 1.29 is 18.1 Å². The molecule has 0 spiro atoms. The molecule has 4 aromatic rings. The van der Waals surface area contributed by atoms with Gasteiger partial charge in [-0.3, -0.25) is 14.9 Å². The first kappa shape index (κ1) is 29.2. The summed E-state index contributed by atoms with van der Waals surface area (Å²) in [6.07, 6.45) is 5.92. The molecule has 0 saturated heterocycles. The molecule has 0 radical (unpaired) electrons. The molecule has 0 aliphatic heterocycles. The van der Waals surface area contributed by atoms with E-state index in [0.29, 0.717) is 12.1 Å². The number of imidazole rings is 1. The molecular weight excluding hydrogens is 554 g/mol. The fraction of sp³-hybridized carbons (Fsp3) is 0.290. The highest BCUT2D eigenvalue weighted by molar-refractivity contribution is 7.89. The summed E-state index contributed by atoms with van der Waals surface area (Å²) in [6.45, 7) is 2.28. The van der Waals surface area contributed by atoms with Crippen LogP contribution in [0.2, 0.25) is 0 Å². The number of carbonyl (C=O) groups is 1. The first-order valence-electron chi connectivity index (χ1n) is 13.8. The number of non-ortho nitro benzene ring substituents is 1. The van der Waals surface area contributed by atoms with E-state index in [1.165, 1.54) is 18.2 Å². The van der Waals surface area contributed by atoms with Crippen LogP contribution >= 0.6 is 0 Å². The molecule has 1 aliphatic rings. The van der Waals surface area contributed by atoms with E-state index in [2.05, 4.69) is 9.71 Å². The summed E-state index contributed by atoms with van der Waals surface area (Å²) < 4.78 is 31.3. The minimum Gasteiger partial charge on any atom is -0.337 e. The van der Waals surface area contributed by atoms with E-state index in [9.17, 15) is 23.3 Å².